The smallest absolute Gasteiger partial charge is 0.348 e. The molecule has 1 N–H and O–H groups in total. The van der Waals surface area contributed by atoms with Crippen molar-refractivity contribution < 1.29 is 18.0 Å². The van der Waals surface area contributed by atoms with Crippen LogP contribution in [0.15, 0.2) is 54.4 Å². The number of halogens is 3. The summed E-state index contributed by atoms with van der Waals surface area (Å²) >= 11 is 1.25. The van der Waals surface area contributed by atoms with Gasteiger partial charge in [-0.3, -0.25) is 19.2 Å². The molecule has 0 saturated heterocycles. The lowest BCUT2D eigenvalue weighted by atomic mass is 10.1. The van der Waals surface area contributed by atoms with Crippen LogP contribution in [-0.2, 0) is 12.6 Å². The van der Waals surface area contributed by atoms with Gasteiger partial charge in [0.1, 0.15) is 5.69 Å². The summed E-state index contributed by atoms with van der Waals surface area (Å²) in [5.74, 6) is -0.300. The molecule has 3 heterocycles. The number of nitrogens with zero attached hydrogens (tertiary/aromatic N) is 4. The Hall–Kier alpha value is -3.27. The summed E-state index contributed by atoms with van der Waals surface area (Å²) in [5, 5.41) is 4.57. The van der Waals surface area contributed by atoms with Crippen LogP contribution in [0.25, 0.3) is 16.2 Å². The quantitative estimate of drug-likeness (QED) is 0.513. The van der Waals surface area contributed by atoms with Crippen molar-refractivity contribution in [3.05, 3.63) is 71.4 Å². The number of hydrogen-bond acceptors (Lipinski definition) is 5. The highest BCUT2D eigenvalue weighted by atomic mass is 32.1. The summed E-state index contributed by atoms with van der Waals surface area (Å²) in [5.41, 5.74) is 1.09. The number of carbonyl (C=O) groups is 1. The number of aromatic nitrogens is 4. The largest absolute Gasteiger partial charge is 0.416 e. The van der Waals surface area contributed by atoms with Gasteiger partial charge in [-0.25, -0.2) is 4.98 Å². The topological polar surface area (TPSA) is 72.2 Å². The molecule has 0 fully saturated rings. The van der Waals surface area contributed by atoms with Crippen LogP contribution in [-0.4, -0.2) is 31.3 Å². The summed E-state index contributed by atoms with van der Waals surface area (Å²) in [6, 6.07) is 4.78. The number of nitrogens with one attached hydrogen (secondary N) is 1. The highest BCUT2D eigenvalue weighted by Gasteiger charge is 2.30. The van der Waals surface area contributed by atoms with E-state index in [4.69, 9.17) is 0 Å². The van der Waals surface area contributed by atoms with Gasteiger partial charge in [0.2, 0.25) is 0 Å². The number of thiazole rings is 1. The van der Waals surface area contributed by atoms with Gasteiger partial charge in [-0.2, -0.15) is 13.2 Å². The molecule has 1 amide bonds. The molecule has 0 saturated carbocycles. The zero-order chi connectivity index (χ0) is 21.3. The molecule has 0 radical (unpaired) electrons. The number of carbonyl (C=O) groups excluding carboxylic acids is 1. The Kier molecular flexibility index (Phi) is 5.25. The first-order valence-electron chi connectivity index (χ1n) is 9.01. The first kappa shape index (κ1) is 20.0. The van der Waals surface area contributed by atoms with Crippen LogP contribution in [0.2, 0.25) is 0 Å². The van der Waals surface area contributed by atoms with E-state index in [2.05, 4.69) is 20.3 Å². The summed E-state index contributed by atoms with van der Waals surface area (Å²) in [6.07, 6.45) is 2.47. The average molecular weight is 431 g/mol. The molecule has 4 rings (SSSR count). The van der Waals surface area contributed by atoms with Crippen molar-refractivity contribution in [1.29, 1.82) is 0 Å². The molecule has 10 heteroatoms. The number of benzene rings is 1. The molecule has 6 nitrogen and oxygen atoms in total. The van der Waals surface area contributed by atoms with Gasteiger partial charge in [0, 0.05) is 48.2 Å². The fourth-order valence-corrected chi connectivity index (χ4v) is 3.89. The van der Waals surface area contributed by atoms with Gasteiger partial charge < -0.3 is 5.32 Å². The van der Waals surface area contributed by atoms with E-state index in [1.54, 1.807) is 40.6 Å². The number of amides is 1. The maximum Gasteiger partial charge on any atom is 0.416 e. The van der Waals surface area contributed by atoms with Crippen LogP contribution in [0.5, 0.6) is 0 Å². The predicted octanol–water partition coefficient (Wildman–Crippen LogP) is 4.23. The van der Waals surface area contributed by atoms with Crippen molar-refractivity contribution in [3.8, 4) is 11.3 Å². The van der Waals surface area contributed by atoms with Gasteiger partial charge in [0.25, 0.3) is 5.91 Å². The van der Waals surface area contributed by atoms with Gasteiger partial charge in [-0.1, -0.05) is 12.1 Å². The van der Waals surface area contributed by atoms with Crippen molar-refractivity contribution in [1.82, 2.24) is 24.7 Å². The third-order valence-corrected chi connectivity index (χ3v) is 5.28. The van der Waals surface area contributed by atoms with E-state index < -0.39 is 11.7 Å². The molecular weight excluding hydrogens is 415 g/mol. The lowest BCUT2D eigenvalue weighted by Crippen LogP contribution is -2.34. The maximum absolute atomic E-state index is 13.0. The standard InChI is InChI=1S/C20H16F3N5OS/c1-12(7-15-9-24-5-6-25-15)26-18(29)17-11-30-19-27-16(10-28(17)19)13-3-2-4-14(8-13)20(21,22)23/h2-6,8-12H,7H2,1H3,(H,26,29)/t12-/m1/s1. The Morgan fingerprint density at radius 3 is 2.87 bits per heavy atom. The van der Waals surface area contributed by atoms with Crippen molar-refractivity contribution in [3.63, 3.8) is 0 Å². The fraction of sp³-hybridized carbons (Fsp3) is 0.200. The first-order valence-corrected chi connectivity index (χ1v) is 9.89. The molecule has 0 aliphatic heterocycles. The van der Waals surface area contributed by atoms with Crippen molar-refractivity contribution in [2.75, 3.05) is 0 Å². The second-order valence-electron chi connectivity index (χ2n) is 6.75. The number of fused-ring (bicyclic) bond motifs is 1. The van der Waals surface area contributed by atoms with E-state index in [-0.39, 0.29) is 11.9 Å². The predicted molar refractivity (Wildman–Crippen MR) is 106 cm³/mol. The third kappa shape index (κ3) is 4.18. The Morgan fingerprint density at radius 2 is 2.13 bits per heavy atom. The molecule has 154 valence electrons. The lowest BCUT2D eigenvalue weighted by molar-refractivity contribution is -0.137. The molecule has 30 heavy (non-hydrogen) atoms. The Labute approximate surface area is 173 Å². The number of imidazole rings is 1. The van der Waals surface area contributed by atoms with Crippen LogP contribution in [0.4, 0.5) is 13.2 Å². The maximum atomic E-state index is 13.0. The van der Waals surface area contributed by atoms with Crippen LogP contribution < -0.4 is 5.32 Å². The average Bonchev–Trinajstić information content (AvgIpc) is 3.29. The van der Waals surface area contributed by atoms with Gasteiger partial charge in [0.15, 0.2) is 4.96 Å². The normalized spacial score (nSPS) is 12.8. The van der Waals surface area contributed by atoms with E-state index >= 15 is 0 Å². The van der Waals surface area contributed by atoms with E-state index in [0.29, 0.717) is 28.3 Å². The minimum atomic E-state index is -4.43. The number of alkyl halides is 3. The summed E-state index contributed by atoms with van der Waals surface area (Å²) < 4.78 is 40.6. The van der Waals surface area contributed by atoms with E-state index in [0.717, 1.165) is 17.8 Å². The molecule has 1 atom stereocenters. The number of hydrogen-bond donors (Lipinski definition) is 1. The first-order chi connectivity index (χ1) is 14.3. The minimum absolute atomic E-state index is 0.185. The molecule has 0 unspecified atom stereocenters. The van der Waals surface area contributed by atoms with Crippen LogP contribution in [0.1, 0.15) is 28.7 Å². The van der Waals surface area contributed by atoms with Crippen molar-refractivity contribution in [2.24, 2.45) is 0 Å². The number of rotatable bonds is 5. The summed E-state index contributed by atoms with van der Waals surface area (Å²) in [7, 11) is 0. The zero-order valence-electron chi connectivity index (χ0n) is 15.7. The Bertz CT molecular complexity index is 1190. The second kappa shape index (κ2) is 7.86. The molecular formula is C20H16F3N5OS. The molecule has 1 aromatic carbocycles. The highest BCUT2D eigenvalue weighted by molar-refractivity contribution is 7.15. The van der Waals surface area contributed by atoms with E-state index in [1.165, 1.54) is 17.4 Å². The van der Waals surface area contributed by atoms with Crippen LogP contribution in [0.3, 0.4) is 0 Å². The Balaban J connectivity index is 1.55. The molecule has 0 aliphatic carbocycles. The summed E-state index contributed by atoms with van der Waals surface area (Å²) in [4.78, 5) is 25.8. The fourth-order valence-electron chi connectivity index (χ4n) is 3.04. The third-order valence-electron chi connectivity index (χ3n) is 4.44. The highest BCUT2D eigenvalue weighted by Crippen LogP contribution is 2.32. The molecule has 0 spiro atoms. The molecule has 0 bridgehead atoms. The van der Waals surface area contributed by atoms with Gasteiger partial charge >= 0.3 is 6.18 Å². The second-order valence-corrected chi connectivity index (χ2v) is 7.59. The van der Waals surface area contributed by atoms with E-state index in [9.17, 15) is 18.0 Å². The lowest BCUT2D eigenvalue weighted by Gasteiger charge is -2.12. The van der Waals surface area contributed by atoms with Gasteiger partial charge in [-0.15, -0.1) is 11.3 Å². The minimum Gasteiger partial charge on any atom is -0.348 e. The van der Waals surface area contributed by atoms with Crippen LogP contribution >= 0.6 is 11.3 Å². The monoisotopic (exact) mass is 431 g/mol. The van der Waals surface area contributed by atoms with Crippen molar-refractivity contribution in [2.45, 2.75) is 25.6 Å². The zero-order valence-corrected chi connectivity index (χ0v) is 16.5. The van der Waals surface area contributed by atoms with E-state index in [1.807, 2.05) is 6.92 Å². The molecule has 3 aromatic heterocycles. The van der Waals surface area contributed by atoms with Crippen molar-refractivity contribution >= 4 is 22.2 Å². The molecule has 0 aliphatic rings. The Morgan fingerprint density at radius 1 is 1.30 bits per heavy atom. The molecule has 4 aromatic rings. The van der Waals surface area contributed by atoms with Gasteiger partial charge in [0.05, 0.1) is 17.0 Å². The van der Waals surface area contributed by atoms with Gasteiger partial charge in [-0.05, 0) is 19.1 Å². The SMILES string of the molecule is C[C@H](Cc1cnccn1)NC(=O)c1csc2nc(-c3cccc(C(F)(F)F)c3)cn12. The summed E-state index contributed by atoms with van der Waals surface area (Å²) in [6.45, 7) is 1.86. The van der Waals surface area contributed by atoms with Crippen LogP contribution in [0, 0.1) is 0 Å².